The molecule has 1 aromatic rings. The van der Waals surface area contributed by atoms with Crippen LogP contribution in [0.25, 0.3) is 0 Å². The van der Waals surface area contributed by atoms with Crippen LogP contribution >= 0.6 is 0 Å². The van der Waals surface area contributed by atoms with Gasteiger partial charge in [0.05, 0.1) is 6.54 Å². The Morgan fingerprint density at radius 1 is 1.31 bits per heavy atom. The smallest absolute Gasteiger partial charge is 0.247 e. The van der Waals surface area contributed by atoms with Crippen molar-refractivity contribution in [1.82, 2.24) is 5.12 Å². The minimum atomic E-state index is -0.543. The van der Waals surface area contributed by atoms with E-state index < -0.39 is 5.91 Å². The lowest BCUT2D eigenvalue weighted by Crippen LogP contribution is -2.21. The van der Waals surface area contributed by atoms with Gasteiger partial charge in [0.25, 0.3) is 0 Å². The summed E-state index contributed by atoms with van der Waals surface area (Å²) in [6.45, 7) is 5.61. The molecule has 2 nitrogen and oxygen atoms in total. The lowest BCUT2D eigenvalue weighted by molar-refractivity contribution is -0.143. The van der Waals surface area contributed by atoms with E-state index in [0.29, 0.717) is 12.3 Å². The largest absolute Gasteiger partial charge is 0.273 e. The summed E-state index contributed by atoms with van der Waals surface area (Å²) in [6, 6.07) is 8.08. The van der Waals surface area contributed by atoms with Crippen molar-refractivity contribution in [2.45, 2.75) is 33.1 Å². The van der Waals surface area contributed by atoms with E-state index in [2.05, 4.69) is 26.0 Å². The molecule has 0 aliphatic rings. The quantitative estimate of drug-likeness (QED) is 0.718. The predicted molar refractivity (Wildman–Crippen MR) is 62.7 cm³/mol. The zero-order chi connectivity index (χ0) is 12.1. The summed E-state index contributed by atoms with van der Waals surface area (Å²) in [5.74, 6) is -0.0391. The molecular formula is C13H18FNO. The van der Waals surface area contributed by atoms with Gasteiger partial charge < -0.3 is 0 Å². The third-order valence-corrected chi connectivity index (χ3v) is 2.58. The third-order valence-electron chi connectivity index (χ3n) is 2.58. The van der Waals surface area contributed by atoms with Crippen LogP contribution in [0.3, 0.4) is 0 Å². The molecule has 0 aliphatic carbocycles. The summed E-state index contributed by atoms with van der Waals surface area (Å²) in [7, 11) is 0. The summed E-state index contributed by atoms with van der Waals surface area (Å²) in [5.41, 5.74) is 2.32. The maximum Gasteiger partial charge on any atom is 0.247 e. The topological polar surface area (TPSA) is 20.3 Å². The van der Waals surface area contributed by atoms with Gasteiger partial charge in [0.2, 0.25) is 5.91 Å². The van der Waals surface area contributed by atoms with E-state index in [4.69, 9.17) is 0 Å². The van der Waals surface area contributed by atoms with Crippen molar-refractivity contribution in [3.63, 3.8) is 0 Å². The number of nitrogens with zero attached hydrogens (tertiary/aromatic N) is 1. The number of hydrogen-bond donors (Lipinski definition) is 0. The fraction of sp³-hybridized carbons (Fsp3) is 0.462. The summed E-state index contributed by atoms with van der Waals surface area (Å²) >= 11 is 0. The number of amides is 1. The van der Waals surface area contributed by atoms with E-state index >= 15 is 0 Å². The molecule has 0 aliphatic heterocycles. The first-order valence-corrected chi connectivity index (χ1v) is 5.53. The number of hydrogen-bond acceptors (Lipinski definition) is 1. The van der Waals surface area contributed by atoms with Crippen LogP contribution in [0.1, 0.15) is 37.8 Å². The molecule has 16 heavy (non-hydrogen) atoms. The van der Waals surface area contributed by atoms with Crippen LogP contribution in [0.15, 0.2) is 24.3 Å². The van der Waals surface area contributed by atoms with E-state index in [1.807, 2.05) is 12.1 Å². The van der Waals surface area contributed by atoms with Crippen molar-refractivity contribution < 1.29 is 9.28 Å². The van der Waals surface area contributed by atoms with Crippen LogP contribution in [0.5, 0.6) is 0 Å². The Bertz CT molecular complexity index is 345. The zero-order valence-electron chi connectivity index (χ0n) is 10.0. The Hall–Kier alpha value is -1.38. The van der Waals surface area contributed by atoms with Crippen LogP contribution in [0, 0.1) is 0 Å². The van der Waals surface area contributed by atoms with Gasteiger partial charge >= 0.3 is 0 Å². The summed E-state index contributed by atoms with van der Waals surface area (Å²) in [5, 5.41) is 0.246. The fourth-order valence-electron chi connectivity index (χ4n) is 1.45. The van der Waals surface area contributed by atoms with Crippen LogP contribution < -0.4 is 0 Å². The molecule has 0 aromatic heterocycles. The molecule has 0 radical (unpaired) electrons. The molecule has 1 aromatic carbocycles. The predicted octanol–water partition coefficient (Wildman–Crippen LogP) is 3.09. The van der Waals surface area contributed by atoms with Gasteiger partial charge in [-0.05, 0) is 23.5 Å². The van der Waals surface area contributed by atoms with E-state index in [1.165, 1.54) is 12.5 Å². The van der Waals surface area contributed by atoms with Gasteiger partial charge in [-0.1, -0.05) is 42.6 Å². The first kappa shape index (κ1) is 12.7. The standard InChI is InChI=1S/C13H18FNO/c1-10(2)13-6-4-12(5-7-13)8-9-15(14)11(3)16/h4-7,10H,8-9H2,1-3H3. The molecule has 3 heteroatoms. The Morgan fingerprint density at radius 3 is 2.31 bits per heavy atom. The molecule has 0 bridgehead atoms. The molecule has 0 heterocycles. The molecule has 0 N–H and O–H groups in total. The first-order valence-electron chi connectivity index (χ1n) is 5.53. The van der Waals surface area contributed by atoms with Crippen molar-refractivity contribution in [3.8, 4) is 0 Å². The van der Waals surface area contributed by atoms with Crippen molar-refractivity contribution in [1.29, 1.82) is 0 Å². The van der Waals surface area contributed by atoms with Crippen molar-refractivity contribution in [2.75, 3.05) is 6.54 Å². The van der Waals surface area contributed by atoms with Crippen LogP contribution in [0.4, 0.5) is 4.48 Å². The zero-order valence-corrected chi connectivity index (χ0v) is 10.0. The molecule has 0 atom stereocenters. The molecule has 1 amide bonds. The van der Waals surface area contributed by atoms with Gasteiger partial charge in [0, 0.05) is 6.92 Å². The molecule has 0 fully saturated rings. The molecular weight excluding hydrogens is 205 g/mol. The average Bonchev–Trinajstić information content (AvgIpc) is 2.26. The van der Waals surface area contributed by atoms with Crippen LogP contribution in [-0.4, -0.2) is 17.6 Å². The van der Waals surface area contributed by atoms with Gasteiger partial charge in [-0.15, -0.1) is 0 Å². The Balaban J connectivity index is 2.52. The third kappa shape index (κ3) is 3.65. The minimum absolute atomic E-state index is 0.121. The molecule has 1 rings (SSSR count). The van der Waals surface area contributed by atoms with Crippen LogP contribution in [-0.2, 0) is 11.2 Å². The molecule has 0 unspecified atom stereocenters. The summed E-state index contributed by atoms with van der Waals surface area (Å²) < 4.78 is 12.9. The van der Waals surface area contributed by atoms with Gasteiger partial charge in [-0.3, -0.25) is 4.79 Å². The Labute approximate surface area is 96.0 Å². The van der Waals surface area contributed by atoms with Gasteiger partial charge in [0.15, 0.2) is 0 Å². The number of rotatable bonds is 4. The highest BCUT2D eigenvalue weighted by Gasteiger charge is 2.06. The highest BCUT2D eigenvalue weighted by Crippen LogP contribution is 2.15. The van der Waals surface area contributed by atoms with Crippen molar-refractivity contribution >= 4 is 5.91 Å². The first-order chi connectivity index (χ1) is 7.50. The Morgan fingerprint density at radius 2 is 1.88 bits per heavy atom. The second kappa shape index (κ2) is 5.64. The highest BCUT2D eigenvalue weighted by atomic mass is 19.2. The number of halogens is 1. The Kier molecular flexibility index (Phi) is 4.47. The lowest BCUT2D eigenvalue weighted by atomic mass is 10.0. The summed E-state index contributed by atoms with van der Waals surface area (Å²) in [4.78, 5) is 10.7. The number of carbonyl (C=O) groups excluding carboxylic acids is 1. The normalized spacial score (nSPS) is 10.6. The molecule has 0 saturated carbocycles. The van der Waals surface area contributed by atoms with Crippen molar-refractivity contribution in [2.24, 2.45) is 0 Å². The van der Waals surface area contributed by atoms with E-state index in [-0.39, 0.29) is 11.7 Å². The highest BCUT2D eigenvalue weighted by molar-refractivity contribution is 5.71. The molecule has 0 saturated heterocycles. The van der Waals surface area contributed by atoms with E-state index in [1.54, 1.807) is 0 Å². The number of benzene rings is 1. The molecule has 88 valence electrons. The average molecular weight is 223 g/mol. The SMILES string of the molecule is CC(=O)N(F)CCc1ccc(C(C)C)cc1. The van der Waals surface area contributed by atoms with Gasteiger partial charge in [-0.2, -0.15) is 5.12 Å². The van der Waals surface area contributed by atoms with Gasteiger partial charge in [0.1, 0.15) is 0 Å². The number of carbonyl (C=O) groups is 1. The maximum atomic E-state index is 12.9. The second-order valence-electron chi connectivity index (χ2n) is 4.25. The second-order valence-corrected chi connectivity index (χ2v) is 4.25. The van der Waals surface area contributed by atoms with Gasteiger partial charge in [-0.25, -0.2) is 0 Å². The van der Waals surface area contributed by atoms with Crippen LogP contribution in [0.2, 0.25) is 0 Å². The van der Waals surface area contributed by atoms with E-state index in [0.717, 1.165) is 5.56 Å². The summed E-state index contributed by atoms with van der Waals surface area (Å²) in [6.07, 6.45) is 0.550. The monoisotopic (exact) mass is 223 g/mol. The maximum absolute atomic E-state index is 12.9. The minimum Gasteiger partial charge on any atom is -0.273 e. The lowest BCUT2D eigenvalue weighted by Gasteiger charge is -2.10. The fourth-order valence-corrected chi connectivity index (χ4v) is 1.45. The van der Waals surface area contributed by atoms with Crippen molar-refractivity contribution in [3.05, 3.63) is 35.4 Å². The molecule has 0 spiro atoms. The van der Waals surface area contributed by atoms with E-state index in [9.17, 15) is 9.28 Å².